The number of oxazole rings is 1. The molecular weight excluding hydrogens is 411 g/mol. The van der Waals surface area contributed by atoms with Crippen molar-refractivity contribution in [1.82, 2.24) is 19.9 Å². The van der Waals surface area contributed by atoms with Gasteiger partial charge in [0.05, 0.1) is 13.3 Å². The molecule has 1 N–H and O–H groups in total. The lowest BCUT2D eigenvalue weighted by Crippen LogP contribution is -2.31. The predicted molar refractivity (Wildman–Crippen MR) is 116 cm³/mol. The van der Waals surface area contributed by atoms with Gasteiger partial charge in [-0.3, -0.25) is 4.79 Å². The van der Waals surface area contributed by atoms with Crippen molar-refractivity contribution < 1.29 is 18.3 Å². The van der Waals surface area contributed by atoms with Gasteiger partial charge in [0.15, 0.2) is 11.7 Å². The van der Waals surface area contributed by atoms with Gasteiger partial charge in [-0.25, -0.2) is 14.4 Å². The van der Waals surface area contributed by atoms with E-state index in [0.29, 0.717) is 29.5 Å². The van der Waals surface area contributed by atoms with Crippen LogP contribution >= 0.6 is 0 Å². The number of aromatic nitrogens is 3. The number of halogens is 1. The third-order valence-electron chi connectivity index (χ3n) is 5.10. The number of benzene rings is 2. The van der Waals surface area contributed by atoms with Gasteiger partial charge in [0.1, 0.15) is 23.4 Å². The maximum absolute atomic E-state index is 13.8. The van der Waals surface area contributed by atoms with Crippen LogP contribution in [0.3, 0.4) is 0 Å². The summed E-state index contributed by atoms with van der Waals surface area (Å²) in [7, 11) is 3.44. The SMILES string of the molecule is COc1ccc(-c2cnc(CCC(=O)NC(c3cccc(F)c3)c3nccn3C)o2)cc1. The molecule has 2 aromatic carbocycles. The standard InChI is InChI=1S/C24H23FN4O3/c1-29-13-12-26-24(29)23(17-4-3-5-18(25)14-17)28-21(30)10-11-22-27-15-20(32-22)16-6-8-19(31-2)9-7-16/h3-9,12-15,23H,10-11H2,1-2H3,(H,28,30). The first-order valence-corrected chi connectivity index (χ1v) is 10.1. The summed E-state index contributed by atoms with van der Waals surface area (Å²) in [4.78, 5) is 21.3. The molecule has 0 aliphatic rings. The molecule has 2 heterocycles. The van der Waals surface area contributed by atoms with Crippen molar-refractivity contribution in [2.24, 2.45) is 7.05 Å². The minimum Gasteiger partial charge on any atom is -0.497 e. The van der Waals surface area contributed by atoms with Gasteiger partial charge in [-0.05, 0) is 42.0 Å². The van der Waals surface area contributed by atoms with E-state index >= 15 is 0 Å². The summed E-state index contributed by atoms with van der Waals surface area (Å²) in [5, 5.41) is 2.95. The van der Waals surface area contributed by atoms with E-state index in [4.69, 9.17) is 9.15 Å². The van der Waals surface area contributed by atoms with Crippen LogP contribution in [-0.2, 0) is 18.3 Å². The number of nitrogens with one attached hydrogen (secondary N) is 1. The summed E-state index contributed by atoms with van der Waals surface area (Å²) in [5.74, 6) is 1.86. The van der Waals surface area contributed by atoms with Crippen molar-refractivity contribution in [2.45, 2.75) is 18.9 Å². The number of hydrogen-bond acceptors (Lipinski definition) is 5. The summed E-state index contributed by atoms with van der Waals surface area (Å²) >= 11 is 0. The lowest BCUT2D eigenvalue weighted by atomic mass is 10.1. The maximum atomic E-state index is 13.8. The Morgan fingerprint density at radius 2 is 2.03 bits per heavy atom. The summed E-state index contributed by atoms with van der Waals surface area (Å²) in [6.45, 7) is 0. The lowest BCUT2D eigenvalue weighted by Gasteiger charge is -2.19. The van der Waals surface area contributed by atoms with Crippen molar-refractivity contribution in [3.05, 3.63) is 90.2 Å². The molecule has 1 atom stereocenters. The van der Waals surface area contributed by atoms with Crippen LogP contribution in [0.15, 0.2) is 71.5 Å². The van der Waals surface area contributed by atoms with Crippen LogP contribution in [0.1, 0.15) is 29.7 Å². The summed E-state index contributed by atoms with van der Waals surface area (Å²) < 4.78 is 26.5. The van der Waals surface area contributed by atoms with Crippen LogP contribution in [0, 0.1) is 5.82 Å². The molecule has 0 fully saturated rings. The molecule has 32 heavy (non-hydrogen) atoms. The minimum absolute atomic E-state index is 0.165. The molecule has 4 aromatic rings. The van der Waals surface area contributed by atoms with Gasteiger partial charge < -0.3 is 19.0 Å². The van der Waals surface area contributed by atoms with Crippen LogP contribution in [0.5, 0.6) is 5.75 Å². The fraction of sp³-hybridized carbons (Fsp3) is 0.208. The topological polar surface area (TPSA) is 82.2 Å². The van der Waals surface area contributed by atoms with Gasteiger partial charge in [0.2, 0.25) is 5.91 Å². The monoisotopic (exact) mass is 434 g/mol. The number of rotatable bonds is 8. The summed E-state index contributed by atoms with van der Waals surface area (Å²) in [6, 6.07) is 13.0. The number of nitrogens with zero attached hydrogens (tertiary/aromatic N) is 3. The number of hydrogen-bond donors (Lipinski definition) is 1. The summed E-state index contributed by atoms with van der Waals surface area (Å²) in [5.41, 5.74) is 1.49. The van der Waals surface area contributed by atoms with E-state index < -0.39 is 6.04 Å². The van der Waals surface area contributed by atoms with Crippen molar-refractivity contribution >= 4 is 5.91 Å². The Morgan fingerprint density at radius 1 is 1.22 bits per heavy atom. The van der Waals surface area contributed by atoms with Crippen LogP contribution in [0.2, 0.25) is 0 Å². The zero-order valence-electron chi connectivity index (χ0n) is 17.8. The molecule has 8 heteroatoms. The normalized spacial score (nSPS) is 11.8. The Hall–Kier alpha value is -3.94. The second-order valence-electron chi connectivity index (χ2n) is 7.30. The number of amides is 1. The zero-order chi connectivity index (χ0) is 22.5. The molecule has 0 spiro atoms. The quantitative estimate of drug-likeness (QED) is 0.452. The Morgan fingerprint density at radius 3 is 2.72 bits per heavy atom. The second kappa shape index (κ2) is 9.47. The van der Waals surface area contributed by atoms with Gasteiger partial charge in [0, 0.05) is 37.8 Å². The number of ether oxygens (including phenoxy) is 1. The highest BCUT2D eigenvalue weighted by Gasteiger charge is 2.21. The fourth-order valence-electron chi connectivity index (χ4n) is 3.41. The molecule has 0 bridgehead atoms. The third kappa shape index (κ3) is 4.85. The minimum atomic E-state index is -0.572. The molecule has 0 saturated heterocycles. The number of imidazole rings is 1. The molecule has 0 aliphatic carbocycles. The average Bonchev–Trinajstić information content (AvgIpc) is 3.45. The van der Waals surface area contributed by atoms with E-state index in [2.05, 4.69) is 15.3 Å². The molecule has 7 nitrogen and oxygen atoms in total. The molecule has 1 unspecified atom stereocenters. The van der Waals surface area contributed by atoms with Gasteiger partial charge in [-0.2, -0.15) is 0 Å². The molecule has 2 aromatic heterocycles. The molecule has 4 rings (SSSR count). The lowest BCUT2D eigenvalue weighted by molar-refractivity contribution is -0.121. The summed E-state index contributed by atoms with van der Waals surface area (Å²) in [6.07, 6.45) is 5.55. The van der Waals surface area contributed by atoms with Crippen LogP contribution in [0.4, 0.5) is 4.39 Å². The first kappa shape index (κ1) is 21.3. The van der Waals surface area contributed by atoms with E-state index in [0.717, 1.165) is 11.3 Å². The van der Waals surface area contributed by atoms with Crippen molar-refractivity contribution in [1.29, 1.82) is 0 Å². The van der Waals surface area contributed by atoms with Gasteiger partial charge in [-0.1, -0.05) is 12.1 Å². The van der Waals surface area contributed by atoms with Gasteiger partial charge >= 0.3 is 0 Å². The molecule has 164 valence electrons. The van der Waals surface area contributed by atoms with Gasteiger partial charge in [0.25, 0.3) is 0 Å². The third-order valence-corrected chi connectivity index (χ3v) is 5.10. The first-order chi connectivity index (χ1) is 15.5. The maximum Gasteiger partial charge on any atom is 0.221 e. The number of carbonyl (C=O) groups excluding carboxylic acids is 1. The number of methoxy groups -OCH3 is 1. The van der Waals surface area contributed by atoms with E-state index in [1.165, 1.54) is 12.1 Å². The van der Waals surface area contributed by atoms with E-state index in [1.54, 1.807) is 42.4 Å². The number of carbonyl (C=O) groups is 1. The first-order valence-electron chi connectivity index (χ1n) is 10.1. The highest BCUT2D eigenvalue weighted by molar-refractivity contribution is 5.77. The van der Waals surface area contributed by atoms with Crippen LogP contribution in [-0.4, -0.2) is 27.6 Å². The highest BCUT2D eigenvalue weighted by atomic mass is 19.1. The number of aryl methyl sites for hydroxylation is 2. The molecule has 0 saturated carbocycles. The van der Waals surface area contributed by atoms with E-state index in [9.17, 15) is 9.18 Å². The van der Waals surface area contributed by atoms with E-state index in [1.807, 2.05) is 31.3 Å². The van der Waals surface area contributed by atoms with Crippen LogP contribution < -0.4 is 10.1 Å². The van der Waals surface area contributed by atoms with Crippen molar-refractivity contribution in [3.63, 3.8) is 0 Å². The van der Waals surface area contributed by atoms with E-state index in [-0.39, 0.29) is 18.1 Å². The second-order valence-corrected chi connectivity index (χ2v) is 7.30. The largest absolute Gasteiger partial charge is 0.497 e. The van der Waals surface area contributed by atoms with Crippen molar-refractivity contribution in [3.8, 4) is 17.1 Å². The van der Waals surface area contributed by atoms with Crippen molar-refractivity contribution in [2.75, 3.05) is 7.11 Å². The predicted octanol–water partition coefficient (Wildman–Crippen LogP) is 4.06. The Bertz CT molecular complexity index is 1200. The molecule has 0 radical (unpaired) electrons. The smallest absolute Gasteiger partial charge is 0.221 e. The fourth-order valence-corrected chi connectivity index (χ4v) is 3.41. The molecule has 1 amide bonds. The van der Waals surface area contributed by atoms with Gasteiger partial charge in [-0.15, -0.1) is 0 Å². The molecular formula is C24H23FN4O3. The highest BCUT2D eigenvalue weighted by Crippen LogP contribution is 2.24. The van der Waals surface area contributed by atoms with Crippen LogP contribution in [0.25, 0.3) is 11.3 Å². The average molecular weight is 434 g/mol. The Kier molecular flexibility index (Phi) is 6.30. The Labute approximate surface area is 184 Å². The molecule has 0 aliphatic heterocycles. The Balaban J connectivity index is 1.43. The zero-order valence-corrected chi connectivity index (χ0v) is 17.8.